The van der Waals surface area contributed by atoms with Crippen molar-refractivity contribution < 1.29 is 4.79 Å². The Balaban J connectivity index is 2.04. The van der Waals surface area contributed by atoms with Crippen LogP contribution in [0.3, 0.4) is 0 Å². The van der Waals surface area contributed by atoms with Crippen molar-refractivity contribution in [1.82, 2.24) is 14.5 Å². The summed E-state index contributed by atoms with van der Waals surface area (Å²) in [5.74, 6) is 0.00495. The second kappa shape index (κ2) is 4.23. The minimum absolute atomic E-state index is 0.00495. The number of amides is 1. The molecule has 1 amide bonds. The molecule has 0 aromatic carbocycles. The molecule has 0 N–H and O–H groups in total. The van der Waals surface area contributed by atoms with Crippen LogP contribution in [-0.2, 0) is 0 Å². The number of carbonyl (C=O) groups is 1. The van der Waals surface area contributed by atoms with Gasteiger partial charge >= 0.3 is 0 Å². The van der Waals surface area contributed by atoms with Gasteiger partial charge in [0.1, 0.15) is 4.88 Å². The Labute approximate surface area is 91.0 Å². The van der Waals surface area contributed by atoms with Crippen LogP contribution in [0.1, 0.15) is 22.5 Å². The maximum Gasteiger partial charge on any atom is 0.267 e. The quantitative estimate of drug-likeness (QED) is 0.686. The van der Waals surface area contributed by atoms with Crippen molar-refractivity contribution in [3.8, 4) is 0 Å². The highest BCUT2D eigenvalue weighted by atomic mass is 35.5. The van der Waals surface area contributed by atoms with E-state index in [0.29, 0.717) is 11.4 Å². The van der Waals surface area contributed by atoms with Crippen LogP contribution in [0, 0.1) is 0 Å². The van der Waals surface area contributed by atoms with E-state index in [9.17, 15) is 4.79 Å². The molecular weight excluding hydrogens is 222 g/mol. The van der Waals surface area contributed by atoms with Crippen LogP contribution in [0.25, 0.3) is 0 Å². The number of rotatable bonds is 1. The Kier molecular flexibility index (Phi) is 2.98. The van der Waals surface area contributed by atoms with Crippen LogP contribution < -0.4 is 0 Å². The number of likely N-dealkylation sites (tertiary alicyclic amines) is 1. The van der Waals surface area contributed by atoms with E-state index >= 15 is 0 Å². The number of piperidine rings is 1. The summed E-state index contributed by atoms with van der Waals surface area (Å²) in [6.07, 6.45) is 3.48. The molecule has 6 heteroatoms. The zero-order valence-electron chi connectivity index (χ0n) is 7.52. The monoisotopic (exact) mass is 231 g/mol. The average Bonchev–Trinajstić information content (AvgIpc) is 2.69. The molecule has 1 fully saturated rings. The number of hydrogen-bond donors (Lipinski definition) is 0. The van der Waals surface area contributed by atoms with Crippen LogP contribution >= 0.6 is 23.1 Å². The molecule has 14 heavy (non-hydrogen) atoms. The first-order valence-corrected chi connectivity index (χ1v) is 5.69. The lowest BCUT2D eigenvalue weighted by Crippen LogP contribution is -2.40. The third-order valence-corrected chi connectivity index (χ3v) is 3.23. The maximum atomic E-state index is 11.8. The third kappa shape index (κ3) is 2.04. The van der Waals surface area contributed by atoms with Crippen molar-refractivity contribution in [2.75, 3.05) is 13.1 Å². The number of nitrogens with zero attached hydrogens (tertiary/aromatic N) is 3. The lowest BCUT2D eigenvalue weighted by atomic mass is 10.1. The SMILES string of the molecule is O=C(c1cnns1)N1CCCC(Cl)C1. The van der Waals surface area contributed by atoms with E-state index in [4.69, 9.17) is 11.6 Å². The second-order valence-corrected chi connectivity index (χ2v) is 4.68. The van der Waals surface area contributed by atoms with Gasteiger partial charge in [0.05, 0.1) is 11.6 Å². The molecule has 1 aromatic heterocycles. The van der Waals surface area contributed by atoms with Crippen molar-refractivity contribution in [2.45, 2.75) is 18.2 Å². The largest absolute Gasteiger partial charge is 0.336 e. The summed E-state index contributed by atoms with van der Waals surface area (Å²) >= 11 is 7.13. The lowest BCUT2D eigenvalue weighted by Gasteiger charge is -2.29. The van der Waals surface area contributed by atoms with Gasteiger partial charge in [-0.1, -0.05) is 4.49 Å². The summed E-state index contributed by atoms with van der Waals surface area (Å²) in [6, 6.07) is 0. The summed E-state index contributed by atoms with van der Waals surface area (Å²) in [6.45, 7) is 1.43. The molecule has 0 bridgehead atoms. The fraction of sp³-hybridized carbons (Fsp3) is 0.625. The number of carbonyl (C=O) groups excluding carboxylic acids is 1. The van der Waals surface area contributed by atoms with Crippen molar-refractivity contribution in [2.24, 2.45) is 0 Å². The van der Waals surface area contributed by atoms with E-state index in [1.165, 1.54) is 6.20 Å². The average molecular weight is 232 g/mol. The minimum atomic E-state index is 0.00495. The summed E-state index contributed by atoms with van der Waals surface area (Å²) in [5.41, 5.74) is 0. The zero-order chi connectivity index (χ0) is 9.97. The molecule has 2 heterocycles. The van der Waals surface area contributed by atoms with Gasteiger partial charge in [0, 0.05) is 13.1 Å². The molecule has 4 nitrogen and oxygen atoms in total. The van der Waals surface area contributed by atoms with E-state index in [1.807, 2.05) is 0 Å². The Hall–Kier alpha value is -0.680. The van der Waals surface area contributed by atoms with E-state index in [1.54, 1.807) is 4.90 Å². The van der Waals surface area contributed by atoms with Crippen LogP contribution in [0.15, 0.2) is 6.20 Å². The number of aromatic nitrogens is 2. The molecule has 1 atom stereocenters. The first-order valence-electron chi connectivity index (χ1n) is 4.48. The van der Waals surface area contributed by atoms with Crippen molar-refractivity contribution in [3.05, 3.63) is 11.1 Å². The predicted molar refractivity (Wildman–Crippen MR) is 54.7 cm³/mol. The minimum Gasteiger partial charge on any atom is -0.336 e. The highest BCUT2D eigenvalue weighted by Crippen LogP contribution is 2.17. The second-order valence-electron chi connectivity index (χ2n) is 3.27. The van der Waals surface area contributed by atoms with Crippen molar-refractivity contribution in [1.29, 1.82) is 0 Å². The van der Waals surface area contributed by atoms with Gasteiger partial charge in [-0.25, -0.2) is 0 Å². The zero-order valence-corrected chi connectivity index (χ0v) is 9.09. The summed E-state index contributed by atoms with van der Waals surface area (Å²) in [5, 5.41) is 3.74. The molecule has 1 aliphatic heterocycles. The van der Waals surface area contributed by atoms with Gasteiger partial charge in [-0.3, -0.25) is 4.79 Å². The van der Waals surface area contributed by atoms with Crippen LogP contribution in [-0.4, -0.2) is 38.9 Å². The third-order valence-electron chi connectivity index (χ3n) is 2.22. The fourth-order valence-corrected chi connectivity index (χ4v) is 2.33. The highest BCUT2D eigenvalue weighted by molar-refractivity contribution is 7.07. The molecular formula is C8H10ClN3OS. The number of halogens is 1. The molecule has 1 saturated heterocycles. The Morgan fingerprint density at radius 1 is 1.71 bits per heavy atom. The molecule has 1 aromatic rings. The molecule has 76 valence electrons. The van der Waals surface area contributed by atoms with Gasteiger partial charge in [0.15, 0.2) is 0 Å². The Bertz CT molecular complexity index is 316. The smallest absolute Gasteiger partial charge is 0.267 e. The first-order chi connectivity index (χ1) is 6.77. The maximum absolute atomic E-state index is 11.8. The number of hydrogen-bond acceptors (Lipinski definition) is 4. The van der Waals surface area contributed by atoms with Gasteiger partial charge in [-0.2, -0.15) is 0 Å². The van der Waals surface area contributed by atoms with Gasteiger partial charge in [0.2, 0.25) is 0 Å². The Morgan fingerprint density at radius 2 is 2.57 bits per heavy atom. The Morgan fingerprint density at radius 3 is 3.21 bits per heavy atom. The van der Waals surface area contributed by atoms with Crippen molar-refractivity contribution >= 4 is 29.0 Å². The predicted octanol–water partition coefficient (Wildman–Crippen LogP) is 1.38. The molecule has 0 aliphatic carbocycles. The molecule has 0 spiro atoms. The van der Waals surface area contributed by atoms with E-state index in [-0.39, 0.29) is 11.3 Å². The van der Waals surface area contributed by atoms with Gasteiger partial charge in [0.25, 0.3) is 5.91 Å². The van der Waals surface area contributed by atoms with Crippen LogP contribution in [0.2, 0.25) is 0 Å². The molecule has 0 saturated carbocycles. The van der Waals surface area contributed by atoms with E-state index < -0.39 is 0 Å². The molecule has 2 rings (SSSR count). The molecule has 0 radical (unpaired) electrons. The standard InChI is InChI=1S/C8H10ClN3OS/c9-6-2-1-3-12(5-6)8(13)7-4-10-11-14-7/h4,6H,1-3,5H2. The van der Waals surface area contributed by atoms with Gasteiger partial charge in [-0.05, 0) is 24.4 Å². The molecule has 1 unspecified atom stereocenters. The fourth-order valence-electron chi connectivity index (χ4n) is 1.53. The van der Waals surface area contributed by atoms with Gasteiger partial charge in [-0.15, -0.1) is 16.7 Å². The topological polar surface area (TPSA) is 46.1 Å². The van der Waals surface area contributed by atoms with Gasteiger partial charge < -0.3 is 4.90 Å². The number of alkyl halides is 1. The normalized spacial score (nSPS) is 22.4. The van der Waals surface area contributed by atoms with Crippen LogP contribution in [0.4, 0.5) is 0 Å². The first kappa shape index (κ1) is 9.86. The van der Waals surface area contributed by atoms with E-state index in [2.05, 4.69) is 9.59 Å². The van der Waals surface area contributed by atoms with Crippen molar-refractivity contribution in [3.63, 3.8) is 0 Å². The van der Waals surface area contributed by atoms with E-state index in [0.717, 1.165) is 30.9 Å². The van der Waals surface area contributed by atoms with Crippen LogP contribution in [0.5, 0.6) is 0 Å². The molecule has 1 aliphatic rings. The summed E-state index contributed by atoms with van der Waals surface area (Å²) < 4.78 is 3.67. The summed E-state index contributed by atoms with van der Waals surface area (Å²) in [7, 11) is 0. The highest BCUT2D eigenvalue weighted by Gasteiger charge is 2.24. The summed E-state index contributed by atoms with van der Waals surface area (Å²) in [4.78, 5) is 14.2. The lowest BCUT2D eigenvalue weighted by molar-refractivity contribution is 0.0731.